The fourth-order valence-electron chi connectivity index (χ4n) is 1.35. The van der Waals surface area contributed by atoms with Crippen molar-refractivity contribution in [3.63, 3.8) is 0 Å². The van der Waals surface area contributed by atoms with Crippen LogP contribution in [0.1, 0.15) is 0 Å². The topological polar surface area (TPSA) is 70.7 Å². The molecule has 1 saturated heterocycles. The molecule has 15 heavy (non-hydrogen) atoms. The van der Waals surface area contributed by atoms with E-state index in [-0.39, 0.29) is 0 Å². The number of nitrogens with one attached hydrogen (secondary N) is 2. The third kappa shape index (κ3) is 4.26. The lowest BCUT2D eigenvalue weighted by Crippen LogP contribution is -2.44. The first kappa shape index (κ1) is 11.9. The van der Waals surface area contributed by atoms with Gasteiger partial charge in [0, 0.05) is 33.2 Å². The van der Waals surface area contributed by atoms with E-state index < -0.39 is 11.8 Å². The van der Waals surface area contributed by atoms with Crippen molar-refractivity contribution < 1.29 is 14.3 Å². The number of morpholine rings is 1. The molecular formula is C9H17N3O3. The molecule has 1 heterocycles. The standard InChI is InChI=1S/C9H17N3O3/c1-10-8(13)9(14)11-2-3-12-4-6-15-7-5-12/h2-7H2,1H3,(H,10,13)(H,11,14). The first-order valence-corrected chi connectivity index (χ1v) is 5.04. The fraction of sp³-hybridized carbons (Fsp3) is 0.778. The van der Waals surface area contributed by atoms with Gasteiger partial charge in [-0.15, -0.1) is 0 Å². The Labute approximate surface area is 88.9 Å². The zero-order valence-corrected chi connectivity index (χ0v) is 8.91. The molecule has 0 spiro atoms. The first-order chi connectivity index (χ1) is 7.24. The predicted octanol–water partition coefficient (Wildman–Crippen LogP) is -1.82. The summed E-state index contributed by atoms with van der Waals surface area (Å²) in [7, 11) is 1.43. The van der Waals surface area contributed by atoms with Crippen molar-refractivity contribution in [2.24, 2.45) is 0 Å². The Morgan fingerprint density at radius 3 is 2.53 bits per heavy atom. The van der Waals surface area contributed by atoms with E-state index in [1.165, 1.54) is 7.05 Å². The monoisotopic (exact) mass is 215 g/mol. The minimum Gasteiger partial charge on any atom is -0.379 e. The van der Waals surface area contributed by atoms with Gasteiger partial charge in [0.05, 0.1) is 13.2 Å². The van der Waals surface area contributed by atoms with Gasteiger partial charge in [-0.3, -0.25) is 14.5 Å². The van der Waals surface area contributed by atoms with Gasteiger partial charge in [0.2, 0.25) is 0 Å². The number of carbonyl (C=O) groups excluding carboxylic acids is 2. The van der Waals surface area contributed by atoms with Gasteiger partial charge in [0.15, 0.2) is 0 Å². The van der Waals surface area contributed by atoms with Crippen LogP contribution in [0, 0.1) is 0 Å². The number of rotatable bonds is 3. The summed E-state index contributed by atoms with van der Waals surface area (Å²) in [4.78, 5) is 24.1. The summed E-state index contributed by atoms with van der Waals surface area (Å²) < 4.78 is 5.19. The lowest BCUT2D eigenvalue weighted by Gasteiger charge is -2.26. The number of carbonyl (C=O) groups is 2. The summed E-state index contributed by atoms with van der Waals surface area (Å²) in [6.45, 7) is 4.50. The number of hydrogen-bond acceptors (Lipinski definition) is 4. The van der Waals surface area contributed by atoms with E-state index in [0.717, 1.165) is 32.8 Å². The Kier molecular flexibility index (Phi) is 5.06. The second-order valence-corrected chi connectivity index (χ2v) is 3.29. The van der Waals surface area contributed by atoms with Gasteiger partial charge in [-0.25, -0.2) is 0 Å². The first-order valence-electron chi connectivity index (χ1n) is 5.04. The van der Waals surface area contributed by atoms with Crippen LogP contribution >= 0.6 is 0 Å². The highest BCUT2D eigenvalue weighted by Gasteiger charge is 2.12. The van der Waals surface area contributed by atoms with E-state index in [4.69, 9.17) is 4.74 Å². The number of likely N-dealkylation sites (N-methyl/N-ethyl adjacent to an activating group) is 1. The maximum absolute atomic E-state index is 11.0. The molecule has 1 aliphatic rings. The largest absolute Gasteiger partial charge is 0.379 e. The highest BCUT2D eigenvalue weighted by Crippen LogP contribution is 1.94. The van der Waals surface area contributed by atoms with Gasteiger partial charge in [-0.05, 0) is 0 Å². The molecule has 0 aromatic carbocycles. The van der Waals surface area contributed by atoms with Crippen LogP contribution in [-0.2, 0) is 14.3 Å². The molecule has 0 radical (unpaired) electrons. The molecule has 86 valence electrons. The van der Waals surface area contributed by atoms with Crippen LogP contribution < -0.4 is 10.6 Å². The molecule has 2 amide bonds. The molecule has 0 saturated carbocycles. The van der Waals surface area contributed by atoms with Crippen LogP contribution in [0.15, 0.2) is 0 Å². The maximum Gasteiger partial charge on any atom is 0.309 e. The Hall–Kier alpha value is -1.14. The molecule has 0 aliphatic carbocycles. The van der Waals surface area contributed by atoms with Gasteiger partial charge in [-0.2, -0.15) is 0 Å². The molecule has 0 atom stereocenters. The molecule has 2 N–H and O–H groups in total. The minimum absolute atomic E-state index is 0.492. The van der Waals surface area contributed by atoms with Gasteiger partial charge in [-0.1, -0.05) is 0 Å². The normalized spacial score (nSPS) is 17.1. The van der Waals surface area contributed by atoms with E-state index >= 15 is 0 Å². The Morgan fingerprint density at radius 2 is 1.93 bits per heavy atom. The Morgan fingerprint density at radius 1 is 1.27 bits per heavy atom. The van der Waals surface area contributed by atoms with Crippen molar-refractivity contribution >= 4 is 11.8 Å². The number of hydrogen-bond donors (Lipinski definition) is 2. The molecule has 0 aromatic heterocycles. The van der Waals surface area contributed by atoms with Crippen molar-refractivity contribution in [1.29, 1.82) is 0 Å². The van der Waals surface area contributed by atoms with Crippen LogP contribution in [0.4, 0.5) is 0 Å². The van der Waals surface area contributed by atoms with Crippen LogP contribution in [0.5, 0.6) is 0 Å². The van der Waals surface area contributed by atoms with Crippen LogP contribution in [-0.4, -0.2) is 63.2 Å². The van der Waals surface area contributed by atoms with Crippen molar-refractivity contribution in [2.45, 2.75) is 0 Å². The SMILES string of the molecule is CNC(=O)C(=O)NCCN1CCOCC1. The van der Waals surface area contributed by atoms with E-state index in [0.29, 0.717) is 6.54 Å². The smallest absolute Gasteiger partial charge is 0.309 e. The van der Waals surface area contributed by atoms with Crippen molar-refractivity contribution in [3.05, 3.63) is 0 Å². The van der Waals surface area contributed by atoms with E-state index in [9.17, 15) is 9.59 Å². The molecule has 1 fully saturated rings. The van der Waals surface area contributed by atoms with Gasteiger partial charge < -0.3 is 15.4 Å². The van der Waals surface area contributed by atoms with Gasteiger partial charge >= 0.3 is 11.8 Å². The highest BCUT2D eigenvalue weighted by molar-refractivity contribution is 6.34. The summed E-state index contributed by atoms with van der Waals surface area (Å²) >= 11 is 0. The van der Waals surface area contributed by atoms with Crippen molar-refractivity contribution in [2.75, 3.05) is 46.4 Å². The zero-order valence-electron chi connectivity index (χ0n) is 8.91. The lowest BCUT2D eigenvalue weighted by molar-refractivity contribution is -0.138. The van der Waals surface area contributed by atoms with Crippen LogP contribution in [0.3, 0.4) is 0 Å². The minimum atomic E-state index is -0.600. The van der Waals surface area contributed by atoms with Crippen LogP contribution in [0.25, 0.3) is 0 Å². The van der Waals surface area contributed by atoms with Gasteiger partial charge in [0.1, 0.15) is 0 Å². The van der Waals surface area contributed by atoms with Crippen molar-refractivity contribution in [1.82, 2.24) is 15.5 Å². The number of ether oxygens (including phenoxy) is 1. The summed E-state index contributed by atoms with van der Waals surface area (Å²) in [5.74, 6) is -1.18. The van der Waals surface area contributed by atoms with E-state index in [1.54, 1.807) is 0 Å². The number of nitrogens with zero attached hydrogens (tertiary/aromatic N) is 1. The molecule has 0 aromatic rings. The zero-order chi connectivity index (χ0) is 11.1. The fourth-order valence-corrected chi connectivity index (χ4v) is 1.35. The number of amides is 2. The quantitative estimate of drug-likeness (QED) is 0.544. The summed E-state index contributed by atoms with van der Waals surface area (Å²) in [5.41, 5.74) is 0. The highest BCUT2D eigenvalue weighted by atomic mass is 16.5. The summed E-state index contributed by atoms with van der Waals surface area (Å²) in [5, 5.41) is 4.82. The van der Waals surface area contributed by atoms with E-state index in [2.05, 4.69) is 15.5 Å². The second-order valence-electron chi connectivity index (χ2n) is 3.29. The summed E-state index contributed by atoms with van der Waals surface area (Å²) in [6.07, 6.45) is 0. The third-order valence-corrected chi connectivity index (χ3v) is 2.25. The molecular weight excluding hydrogens is 198 g/mol. The lowest BCUT2D eigenvalue weighted by atomic mass is 10.4. The Balaban J connectivity index is 2.09. The molecule has 1 rings (SSSR count). The molecule has 6 heteroatoms. The molecule has 1 aliphatic heterocycles. The van der Waals surface area contributed by atoms with Crippen LogP contribution in [0.2, 0.25) is 0 Å². The average molecular weight is 215 g/mol. The second kappa shape index (κ2) is 6.36. The Bertz CT molecular complexity index is 227. The third-order valence-electron chi connectivity index (χ3n) is 2.25. The van der Waals surface area contributed by atoms with Crippen molar-refractivity contribution in [3.8, 4) is 0 Å². The van der Waals surface area contributed by atoms with Gasteiger partial charge in [0.25, 0.3) is 0 Å². The van der Waals surface area contributed by atoms with E-state index in [1.807, 2.05) is 0 Å². The predicted molar refractivity (Wildman–Crippen MR) is 54.3 cm³/mol. The summed E-state index contributed by atoms with van der Waals surface area (Å²) in [6, 6.07) is 0. The molecule has 6 nitrogen and oxygen atoms in total. The average Bonchev–Trinajstić information content (AvgIpc) is 2.29. The maximum atomic E-state index is 11.0. The molecule has 0 bridgehead atoms. The molecule has 0 unspecified atom stereocenters.